The number of aliphatic hydroxyl groups is 1. The lowest BCUT2D eigenvalue weighted by atomic mass is 10.0. The summed E-state index contributed by atoms with van der Waals surface area (Å²) in [5.41, 5.74) is 0.814. The molecule has 3 nitrogen and oxygen atoms in total. The van der Waals surface area contributed by atoms with E-state index in [1.165, 1.54) is 22.7 Å². The van der Waals surface area contributed by atoms with Gasteiger partial charge in [0.2, 0.25) is 0 Å². The number of hydrogen-bond acceptors (Lipinski definition) is 5. The van der Waals surface area contributed by atoms with E-state index in [1.54, 1.807) is 6.92 Å². The first-order valence-electron chi connectivity index (χ1n) is 5.00. The van der Waals surface area contributed by atoms with E-state index < -0.39 is 5.60 Å². The zero-order chi connectivity index (χ0) is 11.9. The summed E-state index contributed by atoms with van der Waals surface area (Å²) >= 11 is 3.02. The van der Waals surface area contributed by atoms with Gasteiger partial charge in [-0.25, -0.2) is 9.97 Å². The Hall–Kier alpha value is -0.780. The number of nitrogens with zero attached hydrogens (tertiary/aromatic N) is 2. The maximum atomic E-state index is 10.6. The molecular formula is C11H14N2OS2. The van der Waals surface area contributed by atoms with Crippen LogP contribution in [0.1, 0.15) is 33.2 Å². The van der Waals surface area contributed by atoms with E-state index in [0.717, 1.165) is 26.3 Å². The third-order valence-electron chi connectivity index (χ3n) is 2.38. The topological polar surface area (TPSA) is 46.0 Å². The minimum Gasteiger partial charge on any atom is -0.377 e. The molecular weight excluding hydrogens is 240 g/mol. The summed E-state index contributed by atoms with van der Waals surface area (Å²) in [6, 6.07) is 0. The molecule has 0 aliphatic rings. The molecule has 0 spiro atoms. The second kappa shape index (κ2) is 3.91. The van der Waals surface area contributed by atoms with Crippen molar-refractivity contribution in [1.29, 1.82) is 0 Å². The molecule has 0 bridgehead atoms. The number of hydrogen-bond donors (Lipinski definition) is 1. The van der Waals surface area contributed by atoms with Crippen LogP contribution in [0.3, 0.4) is 0 Å². The molecule has 0 aliphatic heterocycles. The molecule has 0 radical (unpaired) electrons. The molecule has 0 amide bonds. The van der Waals surface area contributed by atoms with E-state index in [1.807, 2.05) is 26.2 Å². The van der Waals surface area contributed by atoms with Gasteiger partial charge in [-0.3, -0.25) is 0 Å². The van der Waals surface area contributed by atoms with Gasteiger partial charge < -0.3 is 5.11 Å². The molecule has 2 aromatic rings. The van der Waals surface area contributed by atoms with Crippen molar-refractivity contribution < 1.29 is 5.11 Å². The molecule has 0 aliphatic carbocycles. The highest BCUT2D eigenvalue weighted by atomic mass is 32.1. The molecule has 2 rings (SSSR count). The molecule has 0 fully saturated rings. The summed E-state index contributed by atoms with van der Waals surface area (Å²) in [5.74, 6) is 0. The highest BCUT2D eigenvalue weighted by molar-refractivity contribution is 7.12. The van der Waals surface area contributed by atoms with Crippen molar-refractivity contribution in [3.05, 3.63) is 31.7 Å². The van der Waals surface area contributed by atoms with Gasteiger partial charge in [0.1, 0.15) is 10.6 Å². The average Bonchev–Trinajstić information content (AvgIpc) is 2.73. The lowest BCUT2D eigenvalue weighted by Gasteiger charge is -2.19. The average molecular weight is 254 g/mol. The van der Waals surface area contributed by atoms with Crippen molar-refractivity contribution in [3.63, 3.8) is 0 Å². The SMILES string of the molecule is Cc1csc(C(C)(O)c2sc(C)nc2C)n1. The standard InChI is InChI=1S/C11H14N2OS2/c1-6-5-15-10(12-6)11(4,14)9-7(2)13-8(3)16-9/h5,14H,1-4H3. The summed E-state index contributed by atoms with van der Waals surface area (Å²) in [5, 5.41) is 14.2. The zero-order valence-corrected chi connectivity index (χ0v) is 11.4. The third-order valence-corrected chi connectivity index (χ3v) is 4.84. The van der Waals surface area contributed by atoms with Gasteiger partial charge >= 0.3 is 0 Å². The van der Waals surface area contributed by atoms with Gasteiger partial charge in [-0.15, -0.1) is 22.7 Å². The van der Waals surface area contributed by atoms with E-state index in [4.69, 9.17) is 0 Å². The third kappa shape index (κ3) is 1.90. The molecule has 1 atom stereocenters. The summed E-state index contributed by atoms with van der Waals surface area (Å²) in [4.78, 5) is 9.59. The van der Waals surface area contributed by atoms with E-state index >= 15 is 0 Å². The molecule has 1 unspecified atom stereocenters. The molecule has 86 valence electrons. The maximum absolute atomic E-state index is 10.6. The number of rotatable bonds is 2. The zero-order valence-electron chi connectivity index (χ0n) is 9.74. The van der Waals surface area contributed by atoms with Gasteiger partial charge in [0, 0.05) is 11.1 Å². The maximum Gasteiger partial charge on any atom is 0.149 e. The predicted octanol–water partition coefficient (Wildman–Crippen LogP) is 2.78. The van der Waals surface area contributed by atoms with Crippen molar-refractivity contribution in [2.24, 2.45) is 0 Å². The lowest BCUT2D eigenvalue weighted by Crippen LogP contribution is -2.22. The lowest BCUT2D eigenvalue weighted by molar-refractivity contribution is 0.105. The van der Waals surface area contributed by atoms with E-state index in [9.17, 15) is 5.11 Å². The van der Waals surface area contributed by atoms with Crippen molar-refractivity contribution in [2.45, 2.75) is 33.3 Å². The minimum atomic E-state index is -1.02. The first kappa shape index (κ1) is 11.7. The Morgan fingerprint density at radius 3 is 2.38 bits per heavy atom. The molecule has 0 saturated carbocycles. The predicted molar refractivity (Wildman–Crippen MR) is 67.1 cm³/mol. The Labute approximate surface area is 103 Å². The Morgan fingerprint density at radius 1 is 1.25 bits per heavy atom. The first-order chi connectivity index (χ1) is 7.41. The van der Waals surface area contributed by atoms with E-state index in [0.29, 0.717) is 0 Å². The van der Waals surface area contributed by atoms with Gasteiger partial charge in [-0.05, 0) is 27.7 Å². The van der Waals surface area contributed by atoms with Crippen LogP contribution < -0.4 is 0 Å². The molecule has 2 heterocycles. The fourth-order valence-corrected chi connectivity index (χ4v) is 3.55. The van der Waals surface area contributed by atoms with Crippen LogP contribution in [0.4, 0.5) is 0 Å². The van der Waals surface area contributed by atoms with Crippen LogP contribution in [0.15, 0.2) is 5.38 Å². The van der Waals surface area contributed by atoms with Crippen molar-refractivity contribution in [3.8, 4) is 0 Å². The number of aromatic nitrogens is 2. The van der Waals surface area contributed by atoms with Gasteiger partial charge in [0.15, 0.2) is 0 Å². The van der Waals surface area contributed by atoms with Gasteiger partial charge in [0.05, 0.1) is 15.6 Å². The van der Waals surface area contributed by atoms with Gasteiger partial charge in [0.25, 0.3) is 0 Å². The van der Waals surface area contributed by atoms with Crippen LogP contribution >= 0.6 is 22.7 Å². The summed E-state index contributed by atoms with van der Waals surface area (Å²) in [6.45, 7) is 7.59. The van der Waals surface area contributed by atoms with Crippen molar-refractivity contribution >= 4 is 22.7 Å². The highest BCUT2D eigenvalue weighted by Crippen LogP contribution is 2.36. The van der Waals surface area contributed by atoms with Crippen LogP contribution in [-0.4, -0.2) is 15.1 Å². The first-order valence-corrected chi connectivity index (χ1v) is 6.70. The Bertz CT molecular complexity index is 514. The molecule has 16 heavy (non-hydrogen) atoms. The largest absolute Gasteiger partial charge is 0.377 e. The fourth-order valence-electron chi connectivity index (χ4n) is 1.66. The second-order valence-electron chi connectivity index (χ2n) is 4.01. The fraction of sp³-hybridized carbons (Fsp3) is 0.455. The Kier molecular flexibility index (Phi) is 2.86. The van der Waals surface area contributed by atoms with Gasteiger partial charge in [-0.1, -0.05) is 0 Å². The smallest absolute Gasteiger partial charge is 0.149 e. The number of thiazole rings is 2. The van der Waals surface area contributed by atoms with Crippen LogP contribution in [0.5, 0.6) is 0 Å². The second-order valence-corrected chi connectivity index (χ2v) is 6.07. The van der Waals surface area contributed by atoms with Crippen LogP contribution in [-0.2, 0) is 5.60 Å². The minimum absolute atomic E-state index is 0.733. The molecule has 0 saturated heterocycles. The Balaban J connectivity index is 2.49. The number of aryl methyl sites for hydroxylation is 3. The molecule has 0 aromatic carbocycles. The van der Waals surface area contributed by atoms with Crippen LogP contribution in [0.25, 0.3) is 0 Å². The summed E-state index contributed by atoms with van der Waals surface area (Å²) < 4.78 is 0. The van der Waals surface area contributed by atoms with Crippen LogP contribution in [0.2, 0.25) is 0 Å². The van der Waals surface area contributed by atoms with Crippen molar-refractivity contribution in [1.82, 2.24) is 9.97 Å². The van der Waals surface area contributed by atoms with E-state index in [2.05, 4.69) is 9.97 Å². The molecule has 5 heteroatoms. The summed E-state index contributed by atoms with van der Waals surface area (Å²) in [7, 11) is 0. The normalized spacial score (nSPS) is 15.1. The van der Waals surface area contributed by atoms with Crippen molar-refractivity contribution in [2.75, 3.05) is 0 Å². The highest BCUT2D eigenvalue weighted by Gasteiger charge is 2.32. The van der Waals surface area contributed by atoms with Gasteiger partial charge in [-0.2, -0.15) is 0 Å². The Morgan fingerprint density at radius 2 is 1.94 bits per heavy atom. The van der Waals surface area contributed by atoms with Crippen LogP contribution in [0, 0.1) is 20.8 Å². The quantitative estimate of drug-likeness (QED) is 0.896. The van der Waals surface area contributed by atoms with E-state index in [-0.39, 0.29) is 0 Å². The molecule has 1 N–H and O–H groups in total. The summed E-state index contributed by atoms with van der Waals surface area (Å²) in [6.07, 6.45) is 0. The molecule has 2 aromatic heterocycles. The monoisotopic (exact) mass is 254 g/mol.